The summed E-state index contributed by atoms with van der Waals surface area (Å²) in [6.07, 6.45) is 5.10. The number of phenols is 3. The number of benzene rings is 2. The Morgan fingerprint density at radius 2 is 1.17 bits per heavy atom. The lowest BCUT2D eigenvalue weighted by molar-refractivity contribution is -0.242. The van der Waals surface area contributed by atoms with Gasteiger partial charge in [0, 0.05) is 36.1 Å². The highest BCUT2D eigenvalue weighted by atomic mass is 35.5. The Kier molecular flexibility index (Phi) is 18.3. The zero-order valence-electron chi connectivity index (χ0n) is 32.5. The fourth-order valence-electron chi connectivity index (χ4n) is 8.15. The van der Waals surface area contributed by atoms with Gasteiger partial charge < -0.3 is 49.6 Å². The summed E-state index contributed by atoms with van der Waals surface area (Å²) in [5.41, 5.74) is 2.44. The van der Waals surface area contributed by atoms with Gasteiger partial charge in [-0.2, -0.15) is 0 Å². The van der Waals surface area contributed by atoms with Gasteiger partial charge in [-0.1, -0.05) is 58.8 Å². The summed E-state index contributed by atoms with van der Waals surface area (Å²) in [4.78, 5) is 0. The molecule has 0 spiro atoms. The maximum atomic E-state index is 11.8. The predicted octanol–water partition coefficient (Wildman–Crippen LogP) is 8.98. The van der Waals surface area contributed by atoms with Crippen LogP contribution in [-0.4, -0.2) is 86.8 Å². The third kappa shape index (κ3) is 12.0. The van der Waals surface area contributed by atoms with Crippen molar-refractivity contribution in [2.24, 2.45) is 0 Å². The fourth-order valence-corrected chi connectivity index (χ4v) is 8.78. The normalized spacial score (nSPS) is 30.5. The zero-order chi connectivity index (χ0) is 39.4. The smallest absolute Gasteiger partial charge is 0.228 e. The number of aromatic hydroxyl groups is 3. The van der Waals surface area contributed by atoms with E-state index in [0.717, 1.165) is 64.2 Å². The van der Waals surface area contributed by atoms with Crippen LogP contribution < -0.4 is 4.74 Å². The van der Waals surface area contributed by atoms with Gasteiger partial charge in [0.25, 0.3) is 0 Å². The van der Waals surface area contributed by atoms with Crippen LogP contribution in [0.15, 0.2) is 24.3 Å². The average Bonchev–Trinajstić information content (AvgIpc) is 3.13. The van der Waals surface area contributed by atoms with Crippen LogP contribution in [0.2, 0.25) is 0 Å². The second kappa shape index (κ2) is 22.1. The van der Waals surface area contributed by atoms with E-state index in [9.17, 15) is 30.6 Å². The quantitative estimate of drug-likeness (QED) is 0.0958. The molecule has 1 heterocycles. The first kappa shape index (κ1) is 44.7. The van der Waals surface area contributed by atoms with Crippen LogP contribution in [0.5, 0.6) is 23.0 Å². The number of rotatable bonds is 11. The Balaban J connectivity index is 1.73. The number of halogens is 2. The van der Waals surface area contributed by atoms with E-state index in [1.807, 2.05) is 0 Å². The minimum Gasteiger partial charge on any atom is -0.508 e. The minimum atomic E-state index is -1.52. The average molecular weight is 800 g/mol. The van der Waals surface area contributed by atoms with E-state index < -0.39 is 36.8 Å². The molecule has 12 heteroatoms. The third-order valence-corrected chi connectivity index (χ3v) is 12.1. The van der Waals surface area contributed by atoms with Crippen LogP contribution in [0.1, 0.15) is 156 Å². The molecule has 7 rings (SSSR count). The molecule has 10 nitrogen and oxygen atoms in total. The van der Waals surface area contributed by atoms with Crippen molar-refractivity contribution in [1.82, 2.24) is 0 Å². The van der Waals surface area contributed by atoms with E-state index in [2.05, 4.69) is 13.8 Å². The minimum absolute atomic E-state index is 0.0317. The molecule has 1 aliphatic heterocycles. The Labute approximate surface area is 331 Å². The van der Waals surface area contributed by atoms with Gasteiger partial charge in [0.15, 0.2) is 0 Å². The number of methoxy groups -OCH3 is 2. The number of aliphatic hydroxyl groups excluding tert-OH is 3. The number of unbranched alkanes of at least 4 members (excludes halogenated alkanes) is 3. The summed E-state index contributed by atoms with van der Waals surface area (Å²) < 4.78 is 23.8. The van der Waals surface area contributed by atoms with Crippen molar-refractivity contribution in [3.63, 3.8) is 0 Å². The molecule has 306 valence electrons. The highest BCUT2D eigenvalue weighted by molar-refractivity contribution is 6.20. The van der Waals surface area contributed by atoms with E-state index in [1.54, 1.807) is 38.5 Å². The van der Waals surface area contributed by atoms with Gasteiger partial charge in [-0.05, 0) is 98.6 Å². The lowest BCUT2D eigenvalue weighted by atomic mass is 9.85. The molecular formula is C42H64Cl2O10. The molecule has 2 aromatic carbocycles. The van der Waals surface area contributed by atoms with Crippen LogP contribution in [0.25, 0.3) is 0 Å². The zero-order valence-corrected chi connectivity index (χ0v) is 34.0. The Hall–Kier alpha value is -2.02. The van der Waals surface area contributed by atoms with Crippen molar-refractivity contribution in [2.45, 2.75) is 170 Å². The first-order valence-corrected chi connectivity index (χ1v) is 20.9. The van der Waals surface area contributed by atoms with Gasteiger partial charge in [0.05, 0.1) is 18.8 Å². The number of hydrogen-bond donors (Lipinski definition) is 6. The summed E-state index contributed by atoms with van der Waals surface area (Å²) in [6.45, 7) is 4.03. The molecular weight excluding hydrogens is 735 g/mol. The molecule has 0 unspecified atom stereocenters. The van der Waals surface area contributed by atoms with Crippen molar-refractivity contribution >= 4 is 23.2 Å². The van der Waals surface area contributed by atoms with E-state index in [4.69, 9.17) is 42.1 Å². The van der Waals surface area contributed by atoms with Crippen molar-refractivity contribution in [3.8, 4) is 23.0 Å². The first-order chi connectivity index (χ1) is 25.9. The van der Waals surface area contributed by atoms with E-state index in [0.29, 0.717) is 60.1 Å². The molecule has 10 atom stereocenters. The molecule has 1 fully saturated rings. The van der Waals surface area contributed by atoms with Crippen molar-refractivity contribution in [2.75, 3.05) is 20.8 Å². The SMILES string of the molecule is CCCCC[C@H]1CCC[C@@H](Cl)C[C@@H](OC)c2cc(O)c(c(O[C@@H]3OC[C@@H](O)[C@H](O)[C@H]3O)c2)[C@@H](CCCC)CCC[C@@H](Cl)C[C@@H](OC)c2cc(O)c1c(O)c2. The van der Waals surface area contributed by atoms with Crippen molar-refractivity contribution in [1.29, 1.82) is 0 Å². The molecule has 4 aliphatic carbocycles. The van der Waals surface area contributed by atoms with Crippen LogP contribution >= 0.6 is 23.2 Å². The van der Waals surface area contributed by atoms with Crippen molar-refractivity contribution < 1.29 is 49.6 Å². The topological polar surface area (TPSA) is 158 Å². The standard InChI is InChI=1S/C42H64Cl2O10/c1-5-7-9-13-25-14-10-16-30(44)23-36(52-4)28-20-33(47)39(37(21-28)54-42-41(50)40(49)34(48)24-53-42)26(12-8-6-2)15-11-17-29(43)22-35(51-3)27-18-31(45)38(25)32(46)19-27/h18-21,25-26,29-30,34-36,40-42,45-50H,5-17,22-24H2,1-4H3/t25-,26-,29+,30+,34+,35+,36+,40-,41+,42-/m0/s1. The molecule has 5 aliphatic rings. The second-order valence-electron chi connectivity index (χ2n) is 15.3. The summed E-state index contributed by atoms with van der Waals surface area (Å²) in [5.74, 6) is 0.283. The number of hydrogen-bond acceptors (Lipinski definition) is 10. The van der Waals surface area contributed by atoms with E-state index in [1.165, 1.54) is 0 Å². The molecule has 4 bridgehead atoms. The van der Waals surface area contributed by atoms with Gasteiger partial charge in [0.1, 0.15) is 41.3 Å². The molecule has 0 radical (unpaired) electrons. The molecule has 6 N–H and O–H groups in total. The summed E-state index contributed by atoms with van der Waals surface area (Å²) >= 11 is 13.9. The fraction of sp³-hybridized carbons (Fsp3) is 0.714. The molecule has 2 aromatic rings. The summed E-state index contributed by atoms with van der Waals surface area (Å²) in [6, 6.07) is 6.92. The predicted molar refractivity (Wildman–Crippen MR) is 211 cm³/mol. The molecule has 0 aromatic heterocycles. The number of phenolic OH excluding ortho intramolecular Hbond substituents is 3. The van der Waals surface area contributed by atoms with Crippen LogP contribution in [-0.2, 0) is 14.2 Å². The van der Waals surface area contributed by atoms with Gasteiger partial charge in [-0.3, -0.25) is 0 Å². The Bertz CT molecular complexity index is 1400. The summed E-state index contributed by atoms with van der Waals surface area (Å²) in [7, 11) is 3.20. The lowest BCUT2D eigenvalue weighted by Gasteiger charge is -2.36. The molecule has 1 saturated heterocycles. The monoisotopic (exact) mass is 798 g/mol. The number of alkyl halides is 2. The maximum absolute atomic E-state index is 11.8. The van der Waals surface area contributed by atoms with Gasteiger partial charge in [-0.25, -0.2) is 0 Å². The van der Waals surface area contributed by atoms with E-state index >= 15 is 0 Å². The van der Waals surface area contributed by atoms with E-state index in [-0.39, 0.29) is 46.4 Å². The van der Waals surface area contributed by atoms with Crippen molar-refractivity contribution in [3.05, 3.63) is 46.5 Å². The lowest BCUT2D eigenvalue weighted by Crippen LogP contribution is -2.54. The highest BCUT2D eigenvalue weighted by Gasteiger charge is 2.40. The third-order valence-electron chi connectivity index (χ3n) is 11.3. The Morgan fingerprint density at radius 1 is 0.667 bits per heavy atom. The van der Waals surface area contributed by atoms with Crippen LogP contribution in [0.4, 0.5) is 0 Å². The maximum Gasteiger partial charge on any atom is 0.228 e. The molecule has 0 amide bonds. The molecule has 54 heavy (non-hydrogen) atoms. The number of aliphatic hydroxyl groups is 3. The Morgan fingerprint density at radius 3 is 1.70 bits per heavy atom. The number of ether oxygens (including phenoxy) is 4. The van der Waals surface area contributed by atoms with Gasteiger partial charge in [-0.15, -0.1) is 23.2 Å². The van der Waals surface area contributed by atoms with Crippen LogP contribution in [0, 0.1) is 0 Å². The van der Waals surface area contributed by atoms with Crippen LogP contribution in [0.3, 0.4) is 0 Å². The first-order valence-electron chi connectivity index (χ1n) is 20.0. The highest BCUT2D eigenvalue weighted by Crippen LogP contribution is 2.46. The molecule has 0 saturated carbocycles. The van der Waals surface area contributed by atoms with Gasteiger partial charge >= 0.3 is 0 Å². The van der Waals surface area contributed by atoms with Gasteiger partial charge in [0.2, 0.25) is 6.29 Å². The summed E-state index contributed by atoms with van der Waals surface area (Å²) in [5, 5.41) is 65.2. The second-order valence-corrected chi connectivity index (χ2v) is 16.5. The largest absolute Gasteiger partial charge is 0.508 e.